The van der Waals surface area contributed by atoms with Gasteiger partial charge in [-0.25, -0.2) is 13.1 Å². The van der Waals surface area contributed by atoms with Gasteiger partial charge in [0.25, 0.3) is 0 Å². The number of aryl methyl sites for hydroxylation is 1. The molecule has 0 fully saturated rings. The zero-order valence-corrected chi connectivity index (χ0v) is 14.3. The van der Waals surface area contributed by atoms with Crippen LogP contribution in [0.2, 0.25) is 0 Å². The summed E-state index contributed by atoms with van der Waals surface area (Å²) in [5.74, 6) is 0.272. The molecule has 1 aromatic heterocycles. The molecule has 2 rings (SSSR count). The van der Waals surface area contributed by atoms with Crippen LogP contribution in [0.1, 0.15) is 17.4 Å². The Morgan fingerprint density at radius 3 is 2.68 bits per heavy atom. The summed E-state index contributed by atoms with van der Waals surface area (Å²) in [4.78, 5) is 0.767. The Morgan fingerprint density at radius 2 is 2.09 bits per heavy atom. The van der Waals surface area contributed by atoms with E-state index in [9.17, 15) is 13.5 Å². The Morgan fingerprint density at radius 1 is 1.36 bits per heavy atom. The number of thiophene rings is 1. The van der Waals surface area contributed by atoms with Crippen LogP contribution in [0.3, 0.4) is 0 Å². The van der Waals surface area contributed by atoms with Crippen LogP contribution in [0.4, 0.5) is 0 Å². The highest BCUT2D eigenvalue weighted by Gasteiger charge is 2.28. The Kier molecular flexibility index (Phi) is 4.91. The lowest BCUT2D eigenvalue weighted by Crippen LogP contribution is -2.38. The zero-order chi connectivity index (χ0) is 16.4. The fourth-order valence-electron chi connectivity index (χ4n) is 1.98. The van der Waals surface area contributed by atoms with Crippen LogP contribution >= 0.6 is 11.3 Å². The maximum atomic E-state index is 12.5. The molecule has 0 amide bonds. The summed E-state index contributed by atoms with van der Waals surface area (Å²) in [7, 11) is -2.36. The van der Waals surface area contributed by atoms with E-state index in [4.69, 9.17) is 4.74 Å². The summed E-state index contributed by atoms with van der Waals surface area (Å²) in [6, 6.07) is 8.51. The van der Waals surface area contributed by atoms with E-state index in [0.29, 0.717) is 4.88 Å². The third-order valence-electron chi connectivity index (χ3n) is 3.27. The first-order chi connectivity index (χ1) is 10.3. The highest BCUT2D eigenvalue weighted by atomic mass is 32.2. The van der Waals surface area contributed by atoms with Gasteiger partial charge in [0.05, 0.1) is 7.11 Å². The third kappa shape index (κ3) is 3.67. The second-order valence-electron chi connectivity index (χ2n) is 5.23. The third-order valence-corrected chi connectivity index (χ3v) is 5.81. The minimum absolute atomic E-state index is 0.0666. The van der Waals surface area contributed by atoms with Gasteiger partial charge in [0, 0.05) is 11.4 Å². The lowest BCUT2D eigenvalue weighted by Gasteiger charge is -2.22. The number of hydrogen-bond acceptors (Lipinski definition) is 5. The summed E-state index contributed by atoms with van der Waals surface area (Å²) in [6.45, 7) is 3.27. The van der Waals surface area contributed by atoms with E-state index in [1.165, 1.54) is 18.4 Å². The van der Waals surface area contributed by atoms with E-state index in [1.54, 1.807) is 38.1 Å². The van der Waals surface area contributed by atoms with Crippen LogP contribution in [0.5, 0.6) is 5.75 Å². The van der Waals surface area contributed by atoms with Crippen LogP contribution in [-0.2, 0) is 15.6 Å². The molecular formula is C15H19NO4S2. The number of aliphatic hydroxyl groups is 1. The second kappa shape index (κ2) is 6.37. The van der Waals surface area contributed by atoms with Gasteiger partial charge in [-0.2, -0.15) is 0 Å². The lowest BCUT2D eigenvalue weighted by molar-refractivity contribution is 0.0666. The van der Waals surface area contributed by atoms with E-state index in [-0.39, 0.29) is 17.2 Å². The van der Waals surface area contributed by atoms with Crippen molar-refractivity contribution < 1.29 is 18.3 Å². The predicted octanol–water partition coefficient (Wildman–Crippen LogP) is 2.25. The molecule has 1 aromatic carbocycles. The molecule has 0 bridgehead atoms. The van der Waals surface area contributed by atoms with Gasteiger partial charge in [0.1, 0.15) is 16.2 Å². The number of nitrogens with one attached hydrogen (secondary N) is 1. The molecule has 2 N–H and O–H groups in total. The van der Waals surface area contributed by atoms with Crippen molar-refractivity contribution in [2.45, 2.75) is 24.3 Å². The van der Waals surface area contributed by atoms with Crippen LogP contribution in [0.25, 0.3) is 0 Å². The monoisotopic (exact) mass is 341 g/mol. The van der Waals surface area contributed by atoms with Crippen molar-refractivity contribution in [3.05, 3.63) is 46.2 Å². The minimum Gasteiger partial charge on any atom is -0.495 e. The molecule has 5 nitrogen and oxygen atoms in total. The van der Waals surface area contributed by atoms with Gasteiger partial charge in [-0.05, 0) is 43.0 Å². The summed E-state index contributed by atoms with van der Waals surface area (Å²) in [5.41, 5.74) is -0.454. The quantitative estimate of drug-likeness (QED) is 0.845. The topological polar surface area (TPSA) is 75.6 Å². The van der Waals surface area contributed by atoms with E-state index in [0.717, 1.165) is 5.56 Å². The van der Waals surface area contributed by atoms with Crippen LogP contribution < -0.4 is 9.46 Å². The zero-order valence-electron chi connectivity index (χ0n) is 12.7. The molecule has 1 atom stereocenters. The molecule has 22 heavy (non-hydrogen) atoms. The number of methoxy groups -OCH3 is 1. The Labute approximate surface area is 134 Å². The van der Waals surface area contributed by atoms with Gasteiger partial charge in [0.2, 0.25) is 10.0 Å². The molecule has 0 aliphatic rings. The van der Waals surface area contributed by atoms with Crippen LogP contribution in [-0.4, -0.2) is 27.2 Å². The maximum absolute atomic E-state index is 12.5. The van der Waals surface area contributed by atoms with Gasteiger partial charge in [-0.15, -0.1) is 11.3 Å². The molecule has 0 radical (unpaired) electrons. The molecule has 0 saturated heterocycles. The normalized spacial score (nSPS) is 14.5. The smallest absolute Gasteiger partial charge is 0.244 e. The summed E-state index contributed by atoms with van der Waals surface area (Å²) < 4.78 is 32.5. The van der Waals surface area contributed by atoms with Crippen molar-refractivity contribution in [3.8, 4) is 5.75 Å². The Bertz CT molecular complexity index is 737. The molecule has 0 saturated carbocycles. The molecule has 0 aliphatic heterocycles. The lowest BCUT2D eigenvalue weighted by atomic mass is 10.1. The molecule has 120 valence electrons. The average Bonchev–Trinajstić information content (AvgIpc) is 3.00. The summed E-state index contributed by atoms with van der Waals surface area (Å²) in [5, 5.41) is 12.3. The van der Waals surface area contributed by atoms with Crippen molar-refractivity contribution >= 4 is 21.4 Å². The van der Waals surface area contributed by atoms with Gasteiger partial charge >= 0.3 is 0 Å². The van der Waals surface area contributed by atoms with E-state index in [2.05, 4.69) is 4.72 Å². The summed E-state index contributed by atoms with van der Waals surface area (Å²) >= 11 is 1.38. The fraction of sp³-hybridized carbons (Fsp3) is 0.333. The van der Waals surface area contributed by atoms with Gasteiger partial charge < -0.3 is 9.84 Å². The number of hydrogen-bond donors (Lipinski definition) is 2. The van der Waals surface area contributed by atoms with E-state index in [1.807, 2.05) is 11.4 Å². The minimum atomic E-state index is -3.78. The SMILES string of the molecule is COc1ccc(C)cc1S(=O)(=O)NCC(C)(O)c1cccs1. The van der Waals surface area contributed by atoms with Crippen molar-refractivity contribution in [1.29, 1.82) is 0 Å². The number of rotatable bonds is 6. The molecule has 7 heteroatoms. The first kappa shape index (κ1) is 17.0. The molecule has 1 heterocycles. The van der Waals surface area contributed by atoms with Gasteiger partial charge in [-0.1, -0.05) is 12.1 Å². The van der Waals surface area contributed by atoms with Gasteiger partial charge in [0.15, 0.2) is 0 Å². The fourth-order valence-corrected chi connectivity index (χ4v) is 4.15. The number of sulfonamides is 1. The van der Waals surface area contributed by atoms with Crippen molar-refractivity contribution in [2.75, 3.05) is 13.7 Å². The van der Waals surface area contributed by atoms with Crippen LogP contribution in [0, 0.1) is 6.92 Å². The molecule has 0 aliphatic carbocycles. The van der Waals surface area contributed by atoms with Crippen LogP contribution in [0.15, 0.2) is 40.6 Å². The van der Waals surface area contributed by atoms with E-state index >= 15 is 0 Å². The number of ether oxygens (including phenoxy) is 1. The first-order valence-electron chi connectivity index (χ1n) is 6.67. The molecule has 1 unspecified atom stereocenters. The average molecular weight is 341 g/mol. The van der Waals surface area contributed by atoms with Crippen molar-refractivity contribution in [1.82, 2.24) is 4.72 Å². The van der Waals surface area contributed by atoms with E-state index < -0.39 is 15.6 Å². The molecule has 0 spiro atoms. The second-order valence-corrected chi connectivity index (χ2v) is 7.91. The Hall–Kier alpha value is -1.41. The predicted molar refractivity (Wildman–Crippen MR) is 86.8 cm³/mol. The highest BCUT2D eigenvalue weighted by molar-refractivity contribution is 7.89. The summed E-state index contributed by atoms with van der Waals surface area (Å²) in [6.07, 6.45) is 0. The number of benzene rings is 1. The van der Waals surface area contributed by atoms with Crippen molar-refractivity contribution in [3.63, 3.8) is 0 Å². The largest absolute Gasteiger partial charge is 0.495 e. The molecular weight excluding hydrogens is 322 g/mol. The maximum Gasteiger partial charge on any atom is 0.244 e. The van der Waals surface area contributed by atoms with Gasteiger partial charge in [-0.3, -0.25) is 0 Å². The Balaban J connectivity index is 2.24. The van der Waals surface area contributed by atoms with Crippen molar-refractivity contribution in [2.24, 2.45) is 0 Å². The highest BCUT2D eigenvalue weighted by Crippen LogP contribution is 2.27. The standard InChI is InChI=1S/C15H19NO4S2/c1-11-6-7-12(20-3)13(9-11)22(18,19)16-10-15(2,17)14-5-4-8-21-14/h4-9,16-17H,10H2,1-3H3. The molecule has 2 aromatic rings. The first-order valence-corrected chi connectivity index (χ1v) is 9.03.